The van der Waals surface area contributed by atoms with Crippen molar-refractivity contribution in [1.29, 1.82) is 0 Å². The third-order valence-electron chi connectivity index (χ3n) is 7.55. The highest BCUT2D eigenvalue weighted by molar-refractivity contribution is 5.92. The standard InChI is InChI=1S/C35H30N4O5/c40-23-37-30(20-24-22-36-29-19-11-10-18-28(24)29)33(42)38-31(34(43)44)21-32(41)39-35(25-12-4-1-5-13-25,26-14-6-2-7-15-26)27-16-8-3-9-17-27/h1-19,22,30-31,36H,20-21H2,(H,38,42)(H,39,41)(H,43,44)/t30-,31-/m0/s1. The van der Waals surface area contributed by atoms with Crippen LogP contribution in [-0.4, -0.2) is 46.0 Å². The van der Waals surface area contributed by atoms with Gasteiger partial charge in [0, 0.05) is 23.5 Å². The van der Waals surface area contributed by atoms with Gasteiger partial charge in [0.2, 0.25) is 17.9 Å². The Balaban J connectivity index is 1.42. The topological polar surface area (TPSA) is 141 Å². The van der Waals surface area contributed by atoms with Gasteiger partial charge in [-0.15, -0.1) is 0 Å². The van der Waals surface area contributed by atoms with Crippen molar-refractivity contribution >= 4 is 34.8 Å². The molecule has 5 rings (SSSR count). The molecule has 2 amide bonds. The van der Waals surface area contributed by atoms with E-state index in [0.29, 0.717) is 0 Å². The van der Waals surface area contributed by atoms with Crippen molar-refractivity contribution in [3.8, 4) is 0 Å². The van der Waals surface area contributed by atoms with Gasteiger partial charge >= 0.3 is 5.97 Å². The van der Waals surface area contributed by atoms with Gasteiger partial charge in [0.05, 0.1) is 6.42 Å². The van der Waals surface area contributed by atoms with Crippen molar-refractivity contribution in [1.82, 2.24) is 15.6 Å². The number of carboxylic acids is 1. The first-order valence-electron chi connectivity index (χ1n) is 14.0. The van der Waals surface area contributed by atoms with Crippen LogP contribution >= 0.6 is 0 Å². The molecule has 0 bridgehead atoms. The van der Waals surface area contributed by atoms with Crippen molar-refractivity contribution in [3.05, 3.63) is 144 Å². The van der Waals surface area contributed by atoms with Gasteiger partial charge in [-0.2, -0.15) is 4.99 Å². The fourth-order valence-corrected chi connectivity index (χ4v) is 5.46. The van der Waals surface area contributed by atoms with Crippen LogP contribution in [0.15, 0.2) is 126 Å². The lowest BCUT2D eigenvalue weighted by Gasteiger charge is -2.37. The van der Waals surface area contributed by atoms with Gasteiger partial charge in [-0.1, -0.05) is 109 Å². The number of isocyanates is 1. The third kappa shape index (κ3) is 6.33. The van der Waals surface area contributed by atoms with Crippen LogP contribution in [0.3, 0.4) is 0 Å². The first-order valence-corrected chi connectivity index (χ1v) is 14.0. The summed E-state index contributed by atoms with van der Waals surface area (Å²) >= 11 is 0. The maximum Gasteiger partial charge on any atom is 0.326 e. The number of carbonyl (C=O) groups excluding carboxylic acids is 3. The number of nitrogens with zero attached hydrogens (tertiary/aromatic N) is 1. The highest BCUT2D eigenvalue weighted by atomic mass is 16.4. The molecular formula is C35H30N4O5. The second kappa shape index (κ2) is 13.5. The molecule has 0 aliphatic carbocycles. The number of para-hydroxylation sites is 1. The Morgan fingerprint density at radius 1 is 0.795 bits per heavy atom. The van der Waals surface area contributed by atoms with Crippen molar-refractivity contribution in [2.24, 2.45) is 4.99 Å². The number of carbonyl (C=O) groups is 3. The summed E-state index contributed by atoms with van der Waals surface area (Å²) in [5.41, 5.74) is 2.70. The fraction of sp³-hybridized carbons (Fsp3) is 0.143. The molecule has 0 unspecified atom stereocenters. The zero-order valence-electron chi connectivity index (χ0n) is 23.6. The van der Waals surface area contributed by atoms with E-state index in [0.717, 1.165) is 33.2 Å². The minimum absolute atomic E-state index is 0.0305. The molecule has 5 aromatic rings. The number of aliphatic carboxylic acids is 1. The summed E-state index contributed by atoms with van der Waals surface area (Å²) in [6.45, 7) is 0. The van der Waals surface area contributed by atoms with Gasteiger partial charge in [-0.3, -0.25) is 9.59 Å². The van der Waals surface area contributed by atoms with E-state index in [2.05, 4.69) is 20.6 Å². The molecule has 1 heterocycles. The number of H-pyrrole nitrogens is 1. The molecule has 0 radical (unpaired) electrons. The van der Waals surface area contributed by atoms with E-state index < -0.39 is 41.8 Å². The molecule has 9 heteroatoms. The van der Waals surface area contributed by atoms with Gasteiger partial charge in [-0.25, -0.2) is 9.59 Å². The minimum atomic E-state index is -1.59. The van der Waals surface area contributed by atoms with Crippen LogP contribution < -0.4 is 10.6 Å². The van der Waals surface area contributed by atoms with Crippen LogP contribution in [0, 0.1) is 0 Å². The smallest absolute Gasteiger partial charge is 0.326 e. The lowest BCUT2D eigenvalue weighted by atomic mass is 9.77. The first-order chi connectivity index (χ1) is 21.4. The molecule has 2 atom stereocenters. The maximum absolute atomic E-state index is 13.8. The molecule has 9 nitrogen and oxygen atoms in total. The zero-order valence-corrected chi connectivity index (χ0v) is 23.6. The number of benzene rings is 4. The highest BCUT2D eigenvalue weighted by Gasteiger charge is 2.39. The second-order valence-electron chi connectivity index (χ2n) is 10.3. The molecule has 0 saturated heterocycles. The van der Waals surface area contributed by atoms with Crippen molar-refractivity contribution < 1.29 is 24.3 Å². The highest BCUT2D eigenvalue weighted by Crippen LogP contribution is 2.37. The van der Waals surface area contributed by atoms with Crippen molar-refractivity contribution in [2.75, 3.05) is 0 Å². The van der Waals surface area contributed by atoms with Crippen LogP contribution in [0.4, 0.5) is 0 Å². The van der Waals surface area contributed by atoms with Crippen molar-refractivity contribution in [2.45, 2.75) is 30.5 Å². The number of aromatic nitrogens is 1. The van der Waals surface area contributed by atoms with E-state index in [-0.39, 0.29) is 6.42 Å². The normalized spacial score (nSPS) is 12.5. The SMILES string of the molecule is O=C=N[C@@H](Cc1c[nH]c2ccccc12)C(=O)N[C@@H](CC(=O)NC(c1ccccc1)(c1ccccc1)c1ccccc1)C(=O)O. The molecule has 0 saturated carbocycles. The molecule has 0 aliphatic rings. The fourth-order valence-electron chi connectivity index (χ4n) is 5.46. The van der Waals surface area contributed by atoms with Gasteiger partial charge in [0.1, 0.15) is 17.6 Å². The van der Waals surface area contributed by atoms with Gasteiger partial charge in [0.25, 0.3) is 0 Å². The Morgan fingerprint density at radius 3 is 1.84 bits per heavy atom. The van der Waals surface area contributed by atoms with Gasteiger partial charge < -0.3 is 20.7 Å². The quantitative estimate of drug-likeness (QED) is 0.0969. The molecule has 4 N–H and O–H groups in total. The monoisotopic (exact) mass is 586 g/mol. The number of hydrogen-bond acceptors (Lipinski definition) is 5. The van der Waals surface area contributed by atoms with E-state index in [1.807, 2.05) is 115 Å². The van der Waals surface area contributed by atoms with E-state index in [1.54, 1.807) is 6.20 Å². The van der Waals surface area contributed by atoms with Crippen molar-refractivity contribution in [3.63, 3.8) is 0 Å². The summed E-state index contributed by atoms with van der Waals surface area (Å²) in [5, 5.41) is 16.4. The predicted molar refractivity (Wildman–Crippen MR) is 165 cm³/mol. The second-order valence-corrected chi connectivity index (χ2v) is 10.3. The predicted octanol–water partition coefficient (Wildman–Crippen LogP) is 4.48. The Kier molecular flexibility index (Phi) is 9.08. The number of amides is 2. The van der Waals surface area contributed by atoms with E-state index >= 15 is 0 Å². The zero-order chi connectivity index (χ0) is 30.9. The average Bonchev–Trinajstić information content (AvgIpc) is 3.47. The summed E-state index contributed by atoms with van der Waals surface area (Å²) < 4.78 is 0. The van der Waals surface area contributed by atoms with E-state index in [9.17, 15) is 24.3 Å². The first kappa shape index (κ1) is 29.7. The average molecular weight is 587 g/mol. The Labute approximate surface area is 253 Å². The summed E-state index contributed by atoms with van der Waals surface area (Å²) in [6.07, 6.45) is 2.59. The molecule has 0 spiro atoms. The van der Waals surface area contributed by atoms with Crippen LogP contribution in [0.1, 0.15) is 28.7 Å². The molecule has 4 aromatic carbocycles. The minimum Gasteiger partial charge on any atom is -0.480 e. The number of carboxylic acid groups (broad SMARTS) is 1. The molecule has 0 aliphatic heterocycles. The molecular weight excluding hydrogens is 556 g/mol. The number of nitrogens with one attached hydrogen (secondary N) is 3. The summed E-state index contributed by atoms with van der Waals surface area (Å²) in [5.74, 6) is -2.82. The summed E-state index contributed by atoms with van der Waals surface area (Å²) in [4.78, 5) is 57.3. The Hall–Kier alpha value is -5.79. The summed E-state index contributed by atoms with van der Waals surface area (Å²) in [6, 6.07) is 32.8. The Bertz CT molecular complexity index is 1700. The van der Waals surface area contributed by atoms with E-state index in [4.69, 9.17) is 0 Å². The number of rotatable bonds is 12. The lowest BCUT2D eigenvalue weighted by molar-refractivity contribution is -0.143. The number of aromatic amines is 1. The van der Waals surface area contributed by atoms with Crippen LogP contribution in [0.5, 0.6) is 0 Å². The van der Waals surface area contributed by atoms with Gasteiger partial charge in [-0.05, 0) is 28.3 Å². The maximum atomic E-state index is 13.8. The summed E-state index contributed by atoms with van der Waals surface area (Å²) in [7, 11) is 0. The molecule has 44 heavy (non-hydrogen) atoms. The van der Waals surface area contributed by atoms with Crippen LogP contribution in [0.2, 0.25) is 0 Å². The number of aliphatic imine (C=N–C) groups is 1. The van der Waals surface area contributed by atoms with Crippen LogP contribution in [-0.2, 0) is 31.1 Å². The van der Waals surface area contributed by atoms with Gasteiger partial charge in [0.15, 0.2) is 0 Å². The largest absolute Gasteiger partial charge is 0.480 e. The number of hydrogen-bond donors (Lipinski definition) is 4. The number of fused-ring (bicyclic) bond motifs is 1. The molecule has 220 valence electrons. The van der Waals surface area contributed by atoms with Crippen LogP contribution in [0.25, 0.3) is 10.9 Å². The third-order valence-corrected chi connectivity index (χ3v) is 7.55. The Morgan fingerprint density at radius 2 is 1.32 bits per heavy atom. The lowest BCUT2D eigenvalue weighted by Crippen LogP contribution is -2.52. The van der Waals surface area contributed by atoms with E-state index in [1.165, 1.54) is 6.08 Å². The molecule has 1 aromatic heterocycles. The molecule has 0 fully saturated rings.